The number of carbonyl (C=O) groups excluding carboxylic acids is 1. The molecule has 0 spiro atoms. The first kappa shape index (κ1) is 39.0. The number of nitrogens with zero attached hydrogens (tertiary/aromatic N) is 5. The van der Waals surface area contributed by atoms with Gasteiger partial charge in [0, 0.05) is 44.1 Å². The van der Waals surface area contributed by atoms with Gasteiger partial charge in [-0.25, -0.2) is 0 Å². The van der Waals surface area contributed by atoms with E-state index in [2.05, 4.69) is 90.7 Å². The molecule has 10 heteroatoms. The van der Waals surface area contributed by atoms with Crippen LogP contribution in [0, 0.1) is 27.7 Å². The van der Waals surface area contributed by atoms with Gasteiger partial charge in [-0.05, 0) is 99.9 Å². The quantitative estimate of drug-likeness (QED) is 0.147. The predicted molar refractivity (Wildman–Crippen MR) is 229 cm³/mol. The minimum Gasteiger partial charge on any atom is -0.440 e. The molecule has 0 bridgehead atoms. The molecule has 0 radical (unpaired) electrons. The van der Waals surface area contributed by atoms with Gasteiger partial charge >= 0.3 is 0 Å². The van der Waals surface area contributed by atoms with Crippen molar-refractivity contribution in [2.24, 2.45) is 0 Å². The van der Waals surface area contributed by atoms with E-state index in [1.165, 1.54) is 12.8 Å². The van der Waals surface area contributed by atoms with Gasteiger partial charge in [0.25, 0.3) is 0 Å². The van der Waals surface area contributed by atoms with Crippen LogP contribution in [0.3, 0.4) is 0 Å². The number of amides is 1. The van der Waals surface area contributed by atoms with Crippen LogP contribution < -0.4 is 14.8 Å². The van der Waals surface area contributed by atoms with Crippen molar-refractivity contribution in [1.29, 1.82) is 0 Å². The summed E-state index contributed by atoms with van der Waals surface area (Å²) in [7, 11) is 0. The number of hydrogen-bond acceptors (Lipinski definition) is 6. The molecule has 1 amide bonds. The second kappa shape index (κ2) is 16.2. The molecule has 57 heavy (non-hydrogen) atoms. The highest BCUT2D eigenvalue weighted by atomic mass is 35.5. The van der Waals surface area contributed by atoms with E-state index in [9.17, 15) is 4.79 Å². The van der Waals surface area contributed by atoms with Gasteiger partial charge in [0.05, 0.1) is 33.2 Å². The molecule has 4 aromatic heterocycles. The Balaban J connectivity index is 0.00000455. The summed E-state index contributed by atoms with van der Waals surface area (Å²) in [5.74, 6) is 3.15. The molecule has 1 aliphatic heterocycles. The first-order chi connectivity index (χ1) is 27.4. The summed E-state index contributed by atoms with van der Waals surface area (Å²) in [5.41, 5.74) is 8.58. The molecule has 3 fully saturated rings. The van der Waals surface area contributed by atoms with Gasteiger partial charge < -0.3 is 28.8 Å². The highest BCUT2D eigenvalue weighted by molar-refractivity contribution is 5.91. The molecule has 6 aromatic rings. The maximum absolute atomic E-state index is 13.9. The summed E-state index contributed by atoms with van der Waals surface area (Å²) in [5, 5.41) is 3.79. The Bertz CT molecular complexity index is 2210. The fraction of sp³-hybridized carbons (Fsp3) is 0.426. The lowest BCUT2D eigenvalue weighted by molar-refractivity contribution is -0.124. The maximum Gasteiger partial charge on any atom is 0.210 e. The van der Waals surface area contributed by atoms with Gasteiger partial charge in [-0.3, -0.25) is 14.8 Å². The Morgan fingerprint density at radius 3 is 1.51 bits per heavy atom. The summed E-state index contributed by atoms with van der Waals surface area (Å²) < 4.78 is 19.8. The molecule has 9 rings (SSSR count). The van der Waals surface area contributed by atoms with Crippen LogP contribution in [0.1, 0.15) is 110 Å². The third-order valence-corrected chi connectivity index (χ3v) is 12.9. The van der Waals surface area contributed by atoms with Crippen LogP contribution in [-0.4, -0.2) is 50.0 Å². The predicted octanol–water partition coefficient (Wildman–Crippen LogP) is 10.9. The van der Waals surface area contributed by atoms with Gasteiger partial charge in [0.1, 0.15) is 17.0 Å². The van der Waals surface area contributed by atoms with Crippen LogP contribution in [0.25, 0.3) is 22.1 Å². The van der Waals surface area contributed by atoms with E-state index in [0.29, 0.717) is 19.6 Å². The van der Waals surface area contributed by atoms with Crippen LogP contribution in [0.2, 0.25) is 0 Å². The molecular weight excluding hydrogens is 732 g/mol. The first-order valence-corrected chi connectivity index (χ1v) is 20.8. The highest BCUT2D eigenvalue weighted by Crippen LogP contribution is 2.55. The molecule has 2 aliphatic carbocycles. The Morgan fingerprint density at radius 2 is 1.09 bits per heavy atom. The zero-order valence-corrected chi connectivity index (χ0v) is 34.5. The zero-order chi connectivity index (χ0) is 38.4. The molecule has 3 aliphatic rings. The van der Waals surface area contributed by atoms with Crippen molar-refractivity contribution in [3.8, 4) is 23.3 Å². The Kier molecular flexibility index (Phi) is 11.1. The molecule has 0 unspecified atom stereocenters. The second-order valence-electron chi connectivity index (χ2n) is 16.4. The number of aryl methyl sites for hydroxylation is 4. The van der Waals surface area contributed by atoms with Crippen molar-refractivity contribution < 1.29 is 14.3 Å². The molecule has 298 valence electrons. The van der Waals surface area contributed by atoms with Crippen molar-refractivity contribution in [2.75, 3.05) is 19.6 Å². The van der Waals surface area contributed by atoms with Crippen LogP contribution in [0.4, 0.5) is 0 Å². The number of rotatable bonds is 9. The van der Waals surface area contributed by atoms with Gasteiger partial charge in [-0.1, -0.05) is 74.9 Å². The summed E-state index contributed by atoms with van der Waals surface area (Å²) in [4.78, 5) is 26.4. The molecule has 2 aromatic carbocycles. The van der Waals surface area contributed by atoms with E-state index in [0.717, 1.165) is 136 Å². The summed E-state index contributed by atoms with van der Waals surface area (Å²) in [6, 6.07) is 21.5. The normalized spacial score (nSPS) is 17.8. The maximum atomic E-state index is 13.9. The number of pyridine rings is 2. The number of hydrogen-bond donors (Lipinski definition) is 1. The van der Waals surface area contributed by atoms with Crippen LogP contribution in [0.5, 0.6) is 23.3 Å². The fourth-order valence-electron chi connectivity index (χ4n) is 10.2. The molecule has 0 atom stereocenters. The van der Waals surface area contributed by atoms with Crippen molar-refractivity contribution in [3.05, 3.63) is 106 Å². The van der Waals surface area contributed by atoms with Gasteiger partial charge in [0.2, 0.25) is 18.2 Å². The molecule has 1 N–H and O–H groups in total. The Hall–Kier alpha value is -4.86. The van der Waals surface area contributed by atoms with E-state index in [1.807, 2.05) is 29.4 Å². The standard InChI is InChI=1S/C47H54N6O3.ClH/c1-31-15-11-16-32(2)43(31)55-45-39(41-37(23-13-25-49-41)52(45)35-19-7-5-8-20-35)47(29-48-27-28-51(47)30-54)40-42-38(24-14-26-50-42)53(36-21-9-6-10-22-36)46(40)56-44-33(3)17-12-18-34(44)4;/h11-18,23-26,30,35-36,48H,5-10,19-22,27-29H2,1-4H3;1H. The van der Waals surface area contributed by atoms with Crippen molar-refractivity contribution in [2.45, 2.75) is 110 Å². The number of fused-ring (bicyclic) bond motifs is 2. The van der Waals surface area contributed by atoms with Crippen LogP contribution in [-0.2, 0) is 10.3 Å². The number of aromatic nitrogens is 4. The van der Waals surface area contributed by atoms with Gasteiger partial charge in [-0.15, -0.1) is 12.4 Å². The SMILES string of the molecule is Cc1cccc(C)c1Oc1c(C2(c3c(Oc4c(C)cccc4C)n(C4CCCCC4)c4cccnc34)CNCCN2C=O)c2ncccc2n1C1CCCCC1.Cl. The van der Waals surface area contributed by atoms with E-state index < -0.39 is 5.54 Å². The van der Waals surface area contributed by atoms with Crippen molar-refractivity contribution in [1.82, 2.24) is 29.3 Å². The number of nitrogens with one attached hydrogen (secondary N) is 1. The first-order valence-electron chi connectivity index (χ1n) is 20.8. The number of piperazine rings is 1. The number of carbonyl (C=O) groups is 1. The van der Waals surface area contributed by atoms with Crippen LogP contribution >= 0.6 is 12.4 Å². The molecule has 2 saturated carbocycles. The highest BCUT2D eigenvalue weighted by Gasteiger charge is 2.52. The number of benzene rings is 2. The average molecular weight is 787 g/mol. The largest absolute Gasteiger partial charge is 0.440 e. The van der Waals surface area contributed by atoms with E-state index in [4.69, 9.17) is 19.4 Å². The monoisotopic (exact) mass is 786 g/mol. The lowest BCUT2D eigenvalue weighted by atomic mass is 9.80. The zero-order valence-electron chi connectivity index (χ0n) is 33.7. The number of ether oxygens (including phenoxy) is 2. The number of halogens is 1. The minimum absolute atomic E-state index is 0. The average Bonchev–Trinajstić information content (AvgIpc) is 3.74. The summed E-state index contributed by atoms with van der Waals surface area (Å²) in [6.45, 7) is 10.0. The molecule has 9 nitrogen and oxygen atoms in total. The fourth-order valence-corrected chi connectivity index (χ4v) is 10.2. The number of para-hydroxylation sites is 2. The lowest BCUT2D eigenvalue weighted by Crippen LogP contribution is -2.59. The lowest BCUT2D eigenvalue weighted by Gasteiger charge is -2.46. The smallest absolute Gasteiger partial charge is 0.210 e. The topological polar surface area (TPSA) is 86.4 Å². The molecule has 5 heterocycles. The molecular formula is C47H55ClN6O3. The Morgan fingerprint density at radius 1 is 0.649 bits per heavy atom. The van der Waals surface area contributed by atoms with Gasteiger partial charge in [0.15, 0.2) is 0 Å². The second-order valence-corrected chi connectivity index (χ2v) is 16.4. The molecule has 1 saturated heterocycles. The van der Waals surface area contributed by atoms with E-state index in [1.54, 1.807) is 0 Å². The Labute approximate surface area is 342 Å². The summed E-state index contributed by atoms with van der Waals surface area (Å²) >= 11 is 0. The van der Waals surface area contributed by atoms with Crippen molar-refractivity contribution in [3.63, 3.8) is 0 Å². The van der Waals surface area contributed by atoms with E-state index >= 15 is 0 Å². The minimum atomic E-state index is -1.11. The van der Waals surface area contributed by atoms with Gasteiger partial charge in [-0.2, -0.15) is 0 Å². The third kappa shape index (κ3) is 6.57. The van der Waals surface area contributed by atoms with Crippen molar-refractivity contribution >= 4 is 40.9 Å². The summed E-state index contributed by atoms with van der Waals surface area (Å²) in [6.07, 6.45) is 16.1. The third-order valence-electron chi connectivity index (χ3n) is 12.9. The van der Waals surface area contributed by atoms with E-state index in [-0.39, 0.29) is 24.5 Å². The van der Waals surface area contributed by atoms with Crippen LogP contribution in [0.15, 0.2) is 73.1 Å².